The van der Waals surface area contributed by atoms with Gasteiger partial charge in [0.25, 0.3) is 0 Å². The number of ether oxygens (including phenoxy) is 5. The number of phenols is 2. The largest absolute Gasteiger partial charge is 0.508 e. The molecule has 0 radical (unpaired) electrons. The normalized spacial score (nSPS) is 23.2. The van der Waals surface area contributed by atoms with Crippen LogP contribution in [0.1, 0.15) is 22.3 Å². The molecule has 5 atom stereocenters. The van der Waals surface area contributed by atoms with Crippen LogP contribution in [0.25, 0.3) is 0 Å². The summed E-state index contributed by atoms with van der Waals surface area (Å²) < 4.78 is 26.4. The number of carbonyl (C=O) groups is 2. The highest BCUT2D eigenvalue weighted by molar-refractivity contribution is 6.01. The molecule has 37 heavy (non-hydrogen) atoms. The van der Waals surface area contributed by atoms with E-state index in [9.17, 15) is 40.2 Å². The average molecular weight is 524 g/mol. The third kappa shape index (κ3) is 5.80. The number of carbonyl (C=O) groups excluding carboxylic acids is 1. The van der Waals surface area contributed by atoms with Gasteiger partial charge in [0.2, 0.25) is 12.0 Å². The zero-order valence-electron chi connectivity index (χ0n) is 20.2. The number of phenolic OH excluding ortho intramolecular Hbond substituents is 2. The number of methoxy groups -OCH3 is 3. The minimum Gasteiger partial charge on any atom is -0.508 e. The van der Waals surface area contributed by atoms with Gasteiger partial charge in [-0.25, -0.2) is 4.79 Å². The smallest absolute Gasteiger partial charge is 0.335 e. The van der Waals surface area contributed by atoms with Gasteiger partial charge in [-0.15, -0.1) is 0 Å². The predicted molar refractivity (Wildman–Crippen MR) is 123 cm³/mol. The number of carboxylic acids is 1. The molecule has 5 unspecified atom stereocenters. The minimum atomic E-state index is -1.95. The van der Waals surface area contributed by atoms with E-state index >= 15 is 0 Å². The number of hydrogen-bond donors (Lipinski definition) is 6. The third-order valence-corrected chi connectivity index (χ3v) is 5.77. The summed E-state index contributed by atoms with van der Waals surface area (Å²) in [5.41, 5.74) is 0.254. The lowest BCUT2D eigenvalue weighted by Gasteiger charge is -2.38. The molecule has 1 heterocycles. The number of aliphatic carboxylic acids is 1. The van der Waals surface area contributed by atoms with Gasteiger partial charge < -0.3 is 54.3 Å². The second-order valence-electron chi connectivity index (χ2n) is 8.15. The van der Waals surface area contributed by atoms with E-state index in [0.717, 1.165) is 12.1 Å². The molecule has 1 saturated heterocycles. The van der Waals surface area contributed by atoms with Crippen LogP contribution in [0.3, 0.4) is 0 Å². The molecule has 0 aliphatic carbocycles. The van der Waals surface area contributed by atoms with Crippen molar-refractivity contribution in [1.82, 2.24) is 0 Å². The molecular formula is C24H28O13. The van der Waals surface area contributed by atoms with Crippen LogP contribution < -0.4 is 18.9 Å². The molecule has 0 amide bonds. The Balaban J connectivity index is 1.87. The first-order valence-electron chi connectivity index (χ1n) is 11.0. The van der Waals surface area contributed by atoms with E-state index in [-0.39, 0.29) is 18.4 Å². The van der Waals surface area contributed by atoms with Gasteiger partial charge in [0.05, 0.1) is 21.3 Å². The summed E-state index contributed by atoms with van der Waals surface area (Å²) >= 11 is 0. The van der Waals surface area contributed by atoms with Crippen molar-refractivity contribution in [2.24, 2.45) is 0 Å². The van der Waals surface area contributed by atoms with Gasteiger partial charge in [0.15, 0.2) is 23.4 Å². The summed E-state index contributed by atoms with van der Waals surface area (Å²) in [6.07, 6.45) is -9.65. The van der Waals surface area contributed by atoms with Gasteiger partial charge in [-0.1, -0.05) is 0 Å². The number of carboxylic acid groups (broad SMARTS) is 1. The van der Waals surface area contributed by atoms with Crippen molar-refractivity contribution in [2.75, 3.05) is 21.3 Å². The standard InChI is InChI=1S/C24H28O13/c1-33-15-6-10(7-16(34-2)21(15)35-3)4-5-12(26)17-13(27)8-11(25)9-14(17)36-24-20(30)18(28)19(29)22(37-24)23(31)32/h6-9,18-20,22,24-25,27-30H,4-5H2,1-3H3,(H,31,32). The molecule has 1 fully saturated rings. The quantitative estimate of drug-likeness (QED) is 0.231. The molecule has 0 bridgehead atoms. The minimum absolute atomic E-state index is 0.157. The molecule has 0 spiro atoms. The number of aryl methyl sites for hydroxylation is 1. The second-order valence-corrected chi connectivity index (χ2v) is 8.15. The maximum atomic E-state index is 13.1. The zero-order chi connectivity index (χ0) is 27.4. The van der Waals surface area contributed by atoms with Crippen molar-refractivity contribution in [3.8, 4) is 34.5 Å². The molecule has 202 valence electrons. The van der Waals surface area contributed by atoms with Crippen LogP contribution in [0.2, 0.25) is 0 Å². The van der Waals surface area contributed by atoms with Gasteiger partial charge in [0.1, 0.15) is 41.1 Å². The molecular weight excluding hydrogens is 496 g/mol. The lowest BCUT2D eigenvalue weighted by molar-refractivity contribution is -0.271. The molecule has 6 N–H and O–H groups in total. The molecule has 3 rings (SSSR count). The summed E-state index contributed by atoms with van der Waals surface area (Å²) in [6.45, 7) is 0. The van der Waals surface area contributed by atoms with Crippen LogP contribution in [0, 0.1) is 0 Å². The number of ketones is 1. The summed E-state index contributed by atoms with van der Waals surface area (Å²) in [5, 5.41) is 59.6. The lowest BCUT2D eigenvalue weighted by atomic mass is 9.98. The number of Topliss-reactive ketones (excluding diaryl/α,β-unsaturated/α-hetero) is 1. The number of rotatable bonds is 10. The fourth-order valence-corrected chi connectivity index (χ4v) is 3.90. The number of hydrogen-bond acceptors (Lipinski definition) is 12. The molecule has 13 nitrogen and oxygen atoms in total. The third-order valence-electron chi connectivity index (χ3n) is 5.77. The molecule has 0 aromatic heterocycles. The Morgan fingerprint density at radius 2 is 1.49 bits per heavy atom. The lowest BCUT2D eigenvalue weighted by Crippen LogP contribution is -2.61. The molecule has 1 aliphatic rings. The molecule has 1 aliphatic heterocycles. The number of aliphatic hydroxyl groups is 3. The van der Waals surface area contributed by atoms with E-state index < -0.39 is 59.7 Å². The van der Waals surface area contributed by atoms with Crippen molar-refractivity contribution in [3.63, 3.8) is 0 Å². The first kappa shape index (κ1) is 27.8. The van der Waals surface area contributed by atoms with E-state index in [1.807, 2.05) is 0 Å². The van der Waals surface area contributed by atoms with Crippen LogP contribution in [0.15, 0.2) is 24.3 Å². The van der Waals surface area contributed by atoms with Crippen LogP contribution in [-0.2, 0) is 16.0 Å². The Morgan fingerprint density at radius 3 is 2.03 bits per heavy atom. The van der Waals surface area contributed by atoms with Crippen LogP contribution in [0.5, 0.6) is 34.5 Å². The van der Waals surface area contributed by atoms with Gasteiger partial charge in [-0.05, 0) is 24.1 Å². The monoisotopic (exact) mass is 524 g/mol. The Kier molecular flexibility index (Phi) is 8.65. The van der Waals surface area contributed by atoms with Crippen LogP contribution >= 0.6 is 0 Å². The number of aromatic hydroxyl groups is 2. The zero-order valence-corrected chi connectivity index (χ0v) is 20.2. The highest BCUT2D eigenvalue weighted by Gasteiger charge is 2.48. The summed E-state index contributed by atoms with van der Waals surface area (Å²) in [6, 6.07) is 5.15. The van der Waals surface area contributed by atoms with Gasteiger partial charge in [0, 0.05) is 18.6 Å². The van der Waals surface area contributed by atoms with Crippen molar-refractivity contribution in [1.29, 1.82) is 0 Å². The van der Waals surface area contributed by atoms with Crippen LogP contribution in [0.4, 0.5) is 0 Å². The maximum Gasteiger partial charge on any atom is 0.335 e. The van der Waals surface area contributed by atoms with Crippen molar-refractivity contribution < 1.29 is 63.9 Å². The molecule has 13 heteroatoms. The van der Waals surface area contributed by atoms with E-state index in [4.69, 9.17) is 23.7 Å². The van der Waals surface area contributed by atoms with Gasteiger partial charge >= 0.3 is 5.97 Å². The van der Waals surface area contributed by atoms with Gasteiger partial charge in [-0.2, -0.15) is 0 Å². The van der Waals surface area contributed by atoms with Crippen LogP contribution in [-0.4, -0.2) is 94.4 Å². The Labute approximate surface area is 211 Å². The number of benzene rings is 2. The summed E-state index contributed by atoms with van der Waals surface area (Å²) in [4.78, 5) is 24.5. The summed E-state index contributed by atoms with van der Waals surface area (Å²) in [7, 11) is 4.33. The Bertz CT molecular complexity index is 1120. The van der Waals surface area contributed by atoms with Gasteiger partial charge in [-0.3, -0.25) is 4.79 Å². The van der Waals surface area contributed by atoms with Crippen molar-refractivity contribution >= 4 is 11.8 Å². The maximum absolute atomic E-state index is 13.1. The first-order chi connectivity index (χ1) is 17.5. The molecule has 0 saturated carbocycles. The fraction of sp³-hybridized carbons (Fsp3) is 0.417. The number of aliphatic hydroxyl groups excluding tert-OH is 3. The summed E-state index contributed by atoms with van der Waals surface area (Å²) in [5.74, 6) is -2.75. The molecule has 2 aromatic rings. The predicted octanol–water partition coefficient (Wildman–Crippen LogP) is 0.210. The van der Waals surface area contributed by atoms with Crippen molar-refractivity contribution in [2.45, 2.75) is 43.5 Å². The SMILES string of the molecule is COc1cc(CCC(=O)c2c(O)cc(O)cc2OC2OC(C(=O)O)C(O)C(O)C2O)cc(OC)c1OC. The average Bonchev–Trinajstić information content (AvgIpc) is 2.86. The topological polar surface area (TPSA) is 202 Å². The van der Waals surface area contributed by atoms with E-state index in [1.54, 1.807) is 12.1 Å². The van der Waals surface area contributed by atoms with E-state index in [1.165, 1.54) is 21.3 Å². The second kappa shape index (κ2) is 11.5. The molecule has 2 aromatic carbocycles. The first-order valence-corrected chi connectivity index (χ1v) is 11.0. The van der Waals surface area contributed by atoms with Crippen molar-refractivity contribution in [3.05, 3.63) is 35.4 Å². The Morgan fingerprint density at radius 1 is 0.865 bits per heavy atom. The highest BCUT2D eigenvalue weighted by atomic mass is 16.7. The highest BCUT2D eigenvalue weighted by Crippen LogP contribution is 2.39. The Hall–Kier alpha value is -3.78. The van der Waals surface area contributed by atoms with E-state index in [0.29, 0.717) is 22.8 Å². The van der Waals surface area contributed by atoms with E-state index in [2.05, 4.69) is 0 Å². The fourth-order valence-electron chi connectivity index (χ4n) is 3.90.